The second kappa shape index (κ2) is 5.63. The first-order chi connectivity index (χ1) is 8.08. The fourth-order valence-corrected chi connectivity index (χ4v) is 2.65. The van der Waals surface area contributed by atoms with Crippen LogP contribution in [-0.2, 0) is 9.53 Å². The van der Waals surface area contributed by atoms with Crippen LogP contribution in [0, 0.1) is 16.7 Å². The molecule has 1 fully saturated rings. The van der Waals surface area contributed by atoms with Gasteiger partial charge in [0.25, 0.3) is 0 Å². The number of ether oxygens (including phenoxy) is 1. The third kappa shape index (κ3) is 5.41. The van der Waals surface area contributed by atoms with Gasteiger partial charge in [-0.05, 0) is 64.2 Å². The van der Waals surface area contributed by atoms with E-state index in [0.717, 1.165) is 18.8 Å². The van der Waals surface area contributed by atoms with Gasteiger partial charge in [0.1, 0.15) is 6.10 Å². The minimum Gasteiger partial charge on any atom is -0.462 e. The molecular formula is C16H30O2. The van der Waals surface area contributed by atoms with E-state index in [-0.39, 0.29) is 17.5 Å². The van der Waals surface area contributed by atoms with Crippen molar-refractivity contribution in [1.29, 1.82) is 0 Å². The highest BCUT2D eigenvalue weighted by atomic mass is 16.5. The minimum absolute atomic E-state index is 0.0539. The van der Waals surface area contributed by atoms with E-state index in [9.17, 15) is 4.79 Å². The zero-order valence-corrected chi connectivity index (χ0v) is 13.0. The van der Waals surface area contributed by atoms with E-state index < -0.39 is 0 Å². The molecule has 2 heteroatoms. The summed E-state index contributed by atoms with van der Waals surface area (Å²) < 4.78 is 5.60. The van der Waals surface area contributed by atoms with Crippen LogP contribution in [0.2, 0.25) is 0 Å². The summed E-state index contributed by atoms with van der Waals surface area (Å²) >= 11 is 0. The Morgan fingerprint density at radius 1 is 1.00 bits per heavy atom. The normalized spacial score (nSPS) is 25.9. The summed E-state index contributed by atoms with van der Waals surface area (Å²) in [5.41, 5.74) is 0.0435. The molecule has 0 aromatic carbocycles. The van der Waals surface area contributed by atoms with Gasteiger partial charge in [-0.25, -0.2) is 0 Å². The lowest BCUT2D eigenvalue weighted by atomic mass is 9.77. The lowest BCUT2D eigenvalue weighted by Crippen LogP contribution is -2.31. The fraction of sp³-hybridized carbons (Fsp3) is 0.938. The molecule has 0 amide bonds. The molecule has 106 valence electrons. The van der Waals surface area contributed by atoms with Crippen molar-refractivity contribution in [3.05, 3.63) is 0 Å². The van der Waals surface area contributed by atoms with Crippen molar-refractivity contribution < 1.29 is 9.53 Å². The van der Waals surface area contributed by atoms with Gasteiger partial charge in [0.05, 0.1) is 5.41 Å². The predicted octanol–water partition coefficient (Wildman–Crippen LogP) is 4.57. The average Bonchev–Trinajstić information content (AvgIpc) is 2.17. The predicted molar refractivity (Wildman–Crippen MR) is 75.4 cm³/mol. The molecule has 1 rings (SSSR count). The number of carbonyl (C=O) groups is 1. The van der Waals surface area contributed by atoms with Crippen molar-refractivity contribution >= 4 is 5.97 Å². The monoisotopic (exact) mass is 254 g/mol. The van der Waals surface area contributed by atoms with E-state index in [1.54, 1.807) is 0 Å². The first-order valence-corrected chi connectivity index (χ1v) is 7.29. The van der Waals surface area contributed by atoms with E-state index in [4.69, 9.17) is 4.74 Å². The summed E-state index contributed by atoms with van der Waals surface area (Å²) in [6.07, 6.45) is 5.95. The summed E-state index contributed by atoms with van der Waals surface area (Å²) in [4.78, 5) is 11.8. The van der Waals surface area contributed by atoms with Gasteiger partial charge < -0.3 is 4.74 Å². The van der Waals surface area contributed by atoms with Crippen molar-refractivity contribution in [1.82, 2.24) is 0 Å². The summed E-state index contributed by atoms with van der Waals surface area (Å²) in [6, 6.07) is 0. The van der Waals surface area contributed by atoms with Crippen LogP contribution in [0.25, 0.3) is 0 Å². The van der Waals surface area contributed by atoms with Gasteiger partial charge in [0.2, 0.25) is 0 Å². The van der Waals surface area contributed by atoms with Crippen LogP contribution in [0.15, 0.2) is 0 Å². The SMILES string of the molecule is CC(C)(C)CC1CCC(OC(=O)C(C)(C)C)CC1. The zero-order chi connectivity index (χ0) is 14.0. The molecule has 0 heterocycles. The van der Waals surface area contributed by atoms with Gasteiger partial charge in [-0.15, -0.1) is 0 Å². The smallest absolute Gasteiger partial charge is 0.311 e. The third-order valence-corrected chi connectivity index (χ3v) is 3.58. The average molecular weight is 254 g/mol. The molecule has 0 saturated heterocycles. The topological polar surface area (TPSA) is 26.3 Å². The van der Waals surface area contributed by atoms with Crippen molar-refractivity contribution in [3.8, 4) is 0 Å². The van der Waals surface area contributed by atoms with Crippen LogP contribution in [0.3, 0.4) is 0 Å². The Bertz CT molecular complexity index is 272. The van der Waals surface area contributed by atoms with E-state index in [0.29, 0.717) is 5.41 Å². The maximum absolute atomic E-state index is 11.8. The molecule has 0 bridgehead atoms. The van der Waals surface area contributed by atoms with Crippen molar-refractivity contribution in [2.45, 2.75) is 79.8 Å². The van der Waals surface area contributed by atoms with Crippen molar-refractivity contribution in [3.63, 3.8) is 0 Å². The van der Waals surface area contributed by atoms with Crippen molar-refractivity contribution in [2.24, 2.45) is 16.7 Å². The summed E-state index contributed by atoms with van der Waals surface area (Å²) in [7, 11) is 0. The van der Waals surface area contributed by atoms with Gasteiger partial charge >= 0.3 is 5.97 Å². The standard InChI is InChI=1S/C16H30O2/c1-15(2,3)11-12-7-9-13(10-8-12)18-14(17)16(4,5)6/h12-13H,7-11H2,1-6H3. The second-order valence-corrected chi connectivity index (χ2v) is 8.06. The molecule has 0 atom stereocenters. The van der Waals surface area contributed by atoms with Crippen LogP contribution in [-0.4, -0.2) is 12.1 Å². The van der Waals surface area contributed by atoms with Gasteiger partial charge in [0, 0.05) is 0 Å². The Balaban J connectivity index is 2.34. The molecule has 0 aromatic rings. The largest absolute Gasteiger partial charge is 0.462 e. The first-order valence-electron chi connectivity index (χ1n) is 7.29. The molecule has 0 N–H and O–H groups in total. The van der Waals surface area contributed by atoms with Crippen LogP contribution >= 0.6 is 0 Å². The Morgan fingerprint density at radius 3 is 1.89 bits per heavy atom. The van der Waals surface area contributed by atoms with Crippen LogP contribution in [0.4, 0.5) is 0 Å². The van der Waals surface area contributed by atoms with Gasteiger partial charge in [-0.2, -0.15) is 0 Å². The third-order valence-electron chi connectivity index (χ3n) is 3.58. The van der Waals surface area contributed by atoms with Crippen molar-refractivity contribution in [2.75, 3.05) is 0 Å². The van der Waals surface area contributed by atoms with E-state index in [1.165, 1.54) is 19.3 Å². The quantitative estimate of drug-likeness (QED) is 0.675. The Morgan fingerprint density at radius 2 is 1.50 bits per heavy atom. The Kier molecular flexibility index (Phi) is 4.85. The molecule has 0 aromatic heterocycles. The molecule has 0 radical (unpaired) electrons. The fourth-order valence-electron chi connectivity index (χ4n) is 2.65. The lowest BCUT2D eigenvalue weighted by Gasteiger charge is -2.33. The van der Waals surface area contributed by atoms with E-state index >= 15 is 0 Å². The van der Waals surface area contributed by atoms with Crippen LogP contribution in [0.5, 0.6) is 0 Å². The zero-order valence-electron chi connectivity index (χ0n) is 13.0. The first kappa shape index (κ1) is 15.5. The van der Waals surface area contributed by atoms with Crippen LogP contribution < -0.4 is 0 Å². The van der Waals surface area contributed by atoms with E-state index in [2.05, 4.69) is 20.8 Å². The number of hydrogen-bond donors (Lipinski definition) is 0. The Labute approximate surface area is 112 Å². The maximum atomic E-state index is 11.8. The summed E-state index contributed by atoms with van der Waals surface area (Å²) in [5, 5.41) is 0. The lowest BCUT2D eigenvalue weighted by molar-refractivity contribution is -0.160. The second-order valence-electron chi connectivity index (χ2n) is 8.06. The molecular weight excluding hydrogens is 224 g/mol. The van der Waals surface area contributed by atoms with Gasteiger partial charge in [-0.1, -0.05) is 20.8 Å². The maximum Gasteiger partial charge on any atom is 0.311 e. The molecule has 18 heavy (non-hydrogen) atoms. The summed E-state index contributed by atoms with van der Waals surface area (Å²) in [6.45, 7) is 12.7. The minimum atomic E-state index is -0.373. The molecule has 0 spiro atoms. The molecule has 0 aliphatic heterocycles. The number of esters is 1. The number of hydrogen-bond acceptors (Lipinski definition) is 2. The molecule has 2 nitrogen and oxygen atoms in total. The number of carbonyl (C=O) groups excluding carboxylic acids is 1. The molecule has 1 saturated carbocycles. The molecule has 1 aliphatic rings. The van der Waals surface area contributed by atoms with Gasteiger partial charge in [-0.3, -0.25) is 4.79 Å². The highest BCUT2D eigenvalue weighted by Gasteiger charge is 2.30. The highest BCUT2D eigenvalue weighted by molar-refractivity contribution is 5.75. The summed E-state index contributed by atoms with van der Waals surface area (Å²) in [5.74, 6) is 0.761. The Hall–Kier alpha value is -0.530. The number of rotatable bonds is 2. The van der Waals surface area contributed by atoms with Gasteiger partial charge in [0.15, 0.2) is 0 Å². The van der Waals surface area contributed by atoms with Crippen LogP contribution in [0.1, 0.15) is 73.6 Å². The van der Waals surface area contributed by atoms with E-state index in [1.807, 2.05) is 20.8 Å². The molecule has 1 aliphatic carbocycles. The highest BCUT2D eigenvalue weighted by Crippen LogP contribution is 2.35. The molecule has 0 unspecified atom stereocenters.